The van der Waals surface area contributed by atoms with E-state index in [9.17, 15) is 4.79 Å². The lowest BCUT2D eigenvalue weighted by atomic mass is 10.1. The van der Waals surface area contributed by atoms with Crippen molar-refractivity contribution in [1.29, 1.82) is 0 Å². The molecule has 0 fully saturated rings. The molecule has 0 bridgehead atoms. The van der Waals surface area contributed by atoms with Crippen LogP contribution >= 0.6 is 23.2 Å². The van der Waals surface area contributed by atoms with Crippen molar-refractivity contribution in [2.75, 3.05) is 5.73 Å². The number of benzene rings is 2. The van der Waals surface area contributed by atoms with Crippen LogP contribution in [0.3, 0.4) is 0 Å². The SMILES string of the molecule is Nc1nc(-c2ccccc2Cl)nn1C(=O)Cc1ccc(Cl)cc1. The van der Waals surface area contributed by atoms with E-state index in [-0.39, 0.29) is 18.3 Å². The fourth-order valence-electron chi connectivity index (χ4n) is 2.12. The average molecular weight is 347 g/mol. The van der Waals surface area contributed by atoms with Gasteiger partial charge in [0, 0.05) is 10.6 Å². The third-order valence-corrected chi connectivity index (χ3v) is 3.83. The Balaban J connectivity index is 1.87. The van der Waals surface area contributed by atoms with Gasteiger partial charge in [-0.2, -0.15) is 9.67 Å². The van der Waals surface area contributed by atoms with E-state index < -0.39 is 0 Å². The summed E-state index contributed by atoms with van der Waals surface area (Å²) in [6, 6.07) is 14.1. The van der Waals surface area contributed by atoms with E-state index in [1.807, 2.05) is 6.07 Å². The molecule has 0 saturated heterocycles. The molecular weight excluding hydrogens is 335 g/mol. The van der Waals surface area contributed by atoms with Gasteiger partial charge in [0.2, 0.25) is 5.95 Å². The second kappa shape index (κ2) is 6.40. The molecule has 7 heteroatoms. The first-order valence-corrected chi connectivity index (χ1v) is 7.55. The van der Waals surface area contributed by atoms with Gasteiger partial charge in [-0.15, -0.1) is 5.10 Å². The highest BCUT2D eigenvalue weighted by Gasteiger charge is 2.16. The number of hydrogen-bond donors (Lipinski definition) is 1. The molecule has 0 spiro atoms. The van der Waals surface area contributed by atoms with Crippen molar-refractivity contribution < 1.29 is 4.79 Å². The van der Waals surface area contributed by atoms with Crippen molar-refractivity contribution in [3.8, 4) is 11.4 Å². The number of nitrogen functional groups attached to an aromatic ring is 1. The normalized spacial score (nSPS) is 10.7. The third kappa shape index (κ3) is 3.36. The average Bonchev–Trinajstić information content (AvgIpc) is 2.92. The Labute approximate surface area is 142 Å². The van der Waals surface area contributed by atoms with E-state index in [4.69, 9.17) is 28.9 Å². The lowest BCUT2D eigenvalue weighted by Gasteiger charge is -2.02. The van der Waals surface area contributed by atoms with Crippen LogP contribution in [0.4, 0.5) is 5.95 Å². The predicted molar refractivity (Wildman–Crippen MR) is 90.7 cm³/mol. The van der Waals surface area contributed by atoms with Gasteiger partial charge in [-0.3, -0.25) is 4.79 Å². The molecule has 3 aromatic rings. The molecule has 116 valence electrons. The number of halogens is 2. The molecule has 0 atom stereocenters. The first-order valence-electron chi connectivity index (χ1n) is 6.79. The number of nitrogens with zero attached hydrogens (tertiary/aromatic N) is 3. The van der Waals surface area contributed by atoms with E-state index in [2.05, 4.69) is 10.1 Å². The van der Waals surface area contributed by atoms with Crippen molar-refractivity contribution in [1.82, 2.24) is 14.8 Å². The molecule has 0 aliphatic carbocycles. The summed E-state index contributed by atoms with van der Waals surface area (Å²) in [6.07, 6.45) is 0.146. The Morgan fingerprint density at radius 2 is 1.78 bits per heavy atom. The molecule has 0 aliphatic rings. The molecule has 2 aromatic carbocycles. The maximum atomic E-state index is 12.4. The Morgan fingerprint density at radius 1 is 1.09 bits per heavy atom. The summed E-state index contributed by atoms with van der Waals surface area (Å²) < 4.78 is 1.09. The highest BCUT2D eigenvalue weighted by molar-refractivity contribution is 6.33. The Hall–Kier alpha value is -2.37. The lowest BCUT2D eigenvalue weighted by Crippen LogP contribution is -2.17. The van der Waals surface area contributed by atoms with Gasteiger partial charge in [0.25, 0.3) is 5.91 Å². The Morgan fingerprint density at radius 3 is 2.48 bits per heavy atom. The van der Waals surface area contributed by atoms with Crippen LogP contribution in [-0.4, -0.2) is 20.7 Å². The molecule has 0 unspecified atom stereocenters. The predicted octanol–water partition coefficient (Wildman–Crippen LogP) is 3.72. The zero-order chi connectivity index (χ0) is 16.4. The smallest absolute Gasteiger partial charge is 0.254 e. The minimum atomic E-state index is -0.282. The van der Waals surface area contributed by atoms with Crippen LogP contribution < -0.4 is 5.73 Å². The monoisotopic (exact) mass is 346 g/mol. The minimum absolute atomic E-state index is 0.0267. The van der Waals surface area contributed by atoms with Crippen molar-refractivity contribution in [2.24, 2.45) is 0 Å². The molecule has 0 saturated carbocycles. The number of anilines is 1. The molecule has 0 amide bonds. The van der Waals surface area contributed by atoms with Gasteiger partial charge in [0.05, 0.1) is 11.4 Å². The van der Waals surface area contributed by atoms with Gasteiger partial charge in [0.1, 0.15) is 0 Å². The fourth-order valence-corrected chi connectivity index (χ4v) is 2.46. The molecule has 0 aliphatic heterocycles. The maximum absolute atomic E-state index is 12.4. The number of carbonyl (C=O) groups excluding carboxylic acids is 1. The van der Waals surface area contributed by atoms with Crippen molar-refractivity contribution in [3.05, 3.63) is 64.1 Å². The summed E-state index contributed by atoms with van der Waals surface area (Å²) in [5.74, 6) is 0.0621. The highest BCUT2D eigenvalue weighted by atomic mass is 35.5. The summed E-state index contributed by atoms with van der Waals surface area (Å²) in [5.41, 5.74) is 7.25. The van der Waals surface area contributed by atoms with E-state index in [1.54, 1.807) is 42.5 Å². The van der Waals surface area contributed by atoms with Crippen LogP contribution in [0.2, 0.25) is 10.0 Å². The van der Waals surface area contributed by atoms with E-state index in [1.165, 1.54) is 0 Å². The van der Waals surface area contributed by atoms with E-state index >= 15 is 0 Å². The summed E-state index contributed by atoms with van der Waals surface area (Å²) in [6.45, 7) is 0. The van der Waals surface area contributed by atoms with Gasteiger partial charge >= 0.3 is 0 Å². The van der Waals surface area contributed by atoms with Gasteiger partial charge in [-0.05, 0) is 29.8 Å². The van der Waals surface area contributed by atoms with Crippen LogP contribution in [-0.2, 0) is 6.42 Å². The number of rotatable bonds is 3. The molecule has 3 rings (SSSR count). The van der Waals surface area contributed by atoms with E-state index in [0.717, 1.165) is 10.2 Å². The van der Waals surface area contributed by atoms with Crippen LogP contribution in [0, 0.1) is 0 Å². The van der Waals surface area contributed by atoms with Crippen LogP contribution in [0.5, 0.6) is 0 Å². The van der Waals surface area contributed by atoms with Crippen molar-refractivity contribution >= 4 is 35.1 Å². The van der Waals surface area contributed by atoms with Crippen LogP contribution in [0.1, 0.15) is 10.4 Å². The Bertz CT molecular complexity index is 859. The molecule has 2 N–H and O–H groups in total. The van der Waals surface area contributed by atoms with Gasteiger partial charge < -0.3 is 5.73 Å². The summed E-state index contributed by atoms with van der Waals surface area (Å²) in [4.78, 5) is 16.5. The maximum Gasteiger partial charge on any atom is 0.254 e. The van der Waals surface area contributed by atoms with Gasteiger partial charge in [-0.1, -0.05) is 47.5 Å². The Kier molecular flexibility index (Phi) is 4.32. The van der Waals surface area contributed by atoms with Crippen LogP contribution in [0.25, 0.3) is 11.4 Å². The fraction of sp³-hybridized carbons (Fsp3) is 0.0625. The molecule has 1 aromatic heterocycles. The number of hydrogen-bond acceptors (Lipinski definition) is 4. The zero-order valence-corrected chi connectivity index (χ0v) is 13.4. The standard InChI is InChI=1S/C16H12Cl2N4O/c17-11-7-5-10(6-8-11)9-14(23)22-16(19)20-15(21-22)12-3-1-2-4-13(12)18/h1-8H,9H2,(H2,19,20,21). The second-order valence-electron chi connectivity index (χ2n) is 4.88. The number of nitrogens with two attached hydrogens (primary N) is 1. The molecule has 0 radical (unpaired) electrons. The quantitative estimate of drug-likeness (QED) is 0.784. The minimum Gasteiger partial charge on any atom is -0.368 e. The first-order chi connectivity index (χ1) is 11.0. The summed E-state index contributed by atoms with van der Waals surface area (Å²) in [5, 5.41) is 5.28. The molecule has 23 heavy (non-hydrogen) atoms. The first kappa shape index (κ1) is 15.5. The number of aromatic nitrogens is 3. The van der Waals surface area contributed by atoms with Gasteiger partial charge in [0.15, 0.2) is 5.82 Å². The lowest BCUT2D eigenvalue weighted by molar-refractivity contribution is 0.0901. The zero-order valence-electron chi connectivity index (χ0n) is 11.9. The largest absolute Gasteiger partial charge is 0.368 e. The third-order valence-electron chi connectivity index (χ3n) is 3.25. The molecular formula is C16H12Cl2N4O. The molecule has 5 nitrogen and oxygen atoms in total. The van der Waals surface area contributed by atoms with Crippen molar-refractivity contribution in [2.45, 2.75) is 6.42 Å². The highest BCUT2D eigenvalue weighted by Crippen LogP contribution is 2.25. The second-order valence-corrected chi connectivity index (χ2v) is 5.73. The summed E-state index contributed by atoms with van der Waals surface area (Å²) in [7, 11) is 0. The van der Waals surface area contributed by atoms with Crippen molar-refractivity contribution in [3.63, 3.8) is 0 Å². The van der Waals surface area contributed by atoms with Gasteiger partial charge in [-0.25, -0.2) is 0 Å². The van der Waals surface area contributed by atoms with E-state index in [0.29, 0.717) is 21.4 Å². The summed E-state index contributed by atoms with van der Waals surface area (Å²) >= 11 is 11.9. The topological polar surface area (TPSA) is 73.8 Å². The number of carbonyl (C=O) groups is 1. The van der Waals surface area contributed by atoms with Crippen LogP contribution in [0.15, 0.2) is 48.5 Å². The molecule has 1 heterocycles.